The average molecular weight is 385 g/mol. The van der Waals surface area contributed by atoms with Crippen LogP contribution < -0.4 is 0 Å². The SMILES string of the molecule is C=C=CC1C(C=O)CC[C@@]2(C)C1CC[C@H]1[C@@H]3CC(C)C(C=O)[C@@]3(C)CC[C@@]12O. The van der Waals surface area contributed by atoms with Gasteiger partial charge in [0.1, 0.15) is 12.6 Å². The van der Waals surface area contributed by atoms with Crippen molar-refractivity contribution in [3.63, 3.8) is 0 Å². The molecule has 0 spiro atoms. The summed E-state index contributed by atoms with van der Waals surface area (Å²) in [5.41, 5.74) is 2.09. The van der Waals surface area contributed by atoms with Crippen LogP contribution >= 0.6 is 0 Å². The first kappa shape index (κ1) is 20.1. The van der Waals surface area contributed by atoms with E-state index in [9.17, 15) is 14.7 Å². The van der Waals surface area contributed by atoms with E-state index in [1.165, 1.54) is 6.29 Å². The summed E-state index contributed by atoms with van der Waals surface area (Å²) >= 11 is 0. The van der Waals surface area contributed by atoms with Gasteiger partial charge in [-0.25, -0.2) is 0 Å². The maximum atomic E-state index is 12.3. The zero-order valence-corrected chi connectivity index (χ0v) is 17.7. The van der Waals surface area contributed by atoms with Crippen LogP contribution in [0.2, 0.25) is 0 Å². The molecule has 1 N–H and O–H groups in total. The van der Waals surface area contributed by atoms with Gasteiger partial charge in [0, 0.05) is 17.3 Å². The predicted octanol–water partition coefficient (Wildman–Crippen LogP) is 4.59. The topological polar surface area (TPSA) is 54.4 Å². The highest BCUT2D eigenvalue weighted by molar-refractivity contribution is 5.57. The number of aldehydes is 2. The van der Waals surface area contributed by atoms with Crippen molar-refractivity contribution in [1.82, 2.24) is 0 Å². The van der Waals surface area contributed by atoms with Gasteiger partial charge in [0.25, 0.3) is 0 Å². The van der Waals surface area contributed by atoms with Crippen molar-refractivity contribution in [3.8, 4) is 0 Å². The van der Waals surface area contributed by atoms with Crippen molar-refractivity contribution in [2.75, 3.05) is 0 Å². The lowest BCUT2D eigenvalue weighted by Gasteiger charge is -2.66. The molecule has 3 nitrogen and oxygen atoms in total. The van der Waals surface area contributed by atoms with E-state index in [0.717, 1.165) is 51.2 Å². The van der Waals surface area contributed by atoms with E-state index in [1.54, 1.807) is 0 Å². The Labute approximate surface area is 169 Å². The number of aliphatic hydroxyl groups is 1. The van der Waals surface area contributed by atoms with Crippen molar-refractivity contribution in [2.45, 2.75) is 71.3 Å². The standard InChI is InChI=1S/C25H36O3/c1-5-6-18-17(14-26)9-10-24(4)19(18)7-8-20-21-13-16(2)22(15-27)23(21,3)11-12-25(20,24)28/h6,14-22,28H,1,7-13H2,2-4H3/t16?,17?,18?,19?,20-,21-,22?,23-,24-,25+/m0/s1. The lowest BCUT2D eigenvalue weighted by atomic mass is 9.40. The molecule has 4 rings (SSSR count). The third-order valence-electron chi connectivity index (χ3n) is 10.2. The van der Waals surface area contributed by atoms with Gasteiger partial charge in [-0.1, -0.05) is 27.4 Å². The van der Waals surface area contributed by atoms with E-state index in [0.29, 0.717) is 17.8 Å². The third-order valence-corrected chi connectivity index (χ3v) is 10.2. The van der Waals surface area contributed by atoms with Crippen LogP contribution in [0.15, 0.2) is 18.4 Å². The Morgan fingerprint density at radius 2 is 1.71 bits per heavy atom. The van der Waals surface area contributed by atoms with Gasteiger partial charge < -0.3 is 14.7 Å². The van der Waals surface area contributed by atoms with Crippen molar-refractivity contribution in [2.24, 2.45) is 52.3 Å². The molecule has 5 unspecified atom stereocenters. The van der Waals surface area contributed by atoms with Gasteiger partial charge in [-0.2, -0.15) is 0 Å². The van der Waals surface area contributed by atoms with Gasteiger partial charge in [-0.15, -0.1) is 5.73 Å². The lowest BCUT2D eigenvalue weighted by Crippen LogP contribution is -2.66. The van der Waals surface area contributed by atoms with Crippen LogP contribution in [-0.2, 0) is 9.59 Å². The summed E-state index contributed by atoms with van der Waals surface area (Å²) in [6.45, 7) is 10.6. The van der Waals surface area contributed by atoms with Gasteiger partial charge in [0.15, 0.2) is 0 Å². The molecule has 0 aromatic carbocycles. The number of fused-ring (bicyclic) bond motifs is 5. The first-order chi connectivity index (χ1) is 13.3. The van der Waals surface area contributed by atoms with Gasteiger partial charge in [0.05, 0.1) is 5.60 Å². The van der Waals surface area contributed by atoms with Crippen LogP contribution in [-0.4, -0.2) is 23.3 Å². The Morgan fingerprint density at radius 1 is 1.00 bits per heavy atom. The molecule has 4 fully saturated rings. The number of allylic oxidation sites excluding steroid dienone is 1. The quantitative estimate of drug-likeness (QED) is 0.572. The minimum atomic E-state index is -0.696. The zero-order chi connectivity index (χ0) is 20.3. The normalized spacial score (nSPS) is 55.2. The molecule has 0 amide bonds. The van der Waals surface area contributed by atoms with Gasteiger partial charge in [-0.05, 0) is 86.0 Å². The third kappa shape index (κ3) is 2.39. The predicted molar refractivity (Wildman–Crippen MR) is 109 cm³/mol. The van der Waals surface area contributed by atoms with Crippen molar-refractivity contribution in [3.05, 3.63) is 18.4 Å². The molecular formula is C25H36O3. The first-order valence-electron chi connectivity index (χ1n) is 11.3. The Balaban J connectivity index is 1.73. The second kappa shape index (κ2) is 6.67. The maximum absolute atomic E-state index is 12.3. The minimum absolute atomic E-state index is 0.0206. The van der Waals surface area contributed by atoms with Crippen molar-refractivity contribution >= 4 is 12.6 Å². The molecule has 0 heterocycles. The fourth-order valence-electron chi connectivity index (χ4n) is 8.62. The van der Waals surface area contributed by atoms with Crippen LogP contribution in [0.4, 0.5) is 0 Å². The second-order valence-corrected chi connectivity index (χ2v) is 10.9. The van der Waals surface area contributed by atoms with E-state index >= 15 is 0 Å². The van der Waals surface area contributed by atoms with E-state index in [4.69, 9.17) is 0 Å². The van der Waals surface area contributed by atoms with Crippen molar-refractivity contribution in [1.29, 1.82) is 0 Å². The number of hydrogen-bond donors (Lipinski definition) is 1. The molecule has 154 valence electrons. The Morgan fingerprint density at radius 3 is 2.36 bits per heavy atom. The number of carbonyl (C=O) groups excluding carboxylic acids is 2. The van der Waals surface area contributed by atoms with Gasteiger partial charge >= 0.3 is 0 Å². The zero-order valence-electron chi connectivity index (χ0n) is 17.7. The molecule has 0 radical (unpaired) electrons. The summed E-state index contributed by atoms with van der Waals surface area (Å²) in [7, 11) is 0. The molecule has 0 aromatic rings. The molecule has 0 bridgehead atoms. The highest BCUT2D eigenvalue weighted by Gasteiger charge is 2.68. The van der Waals surface area contributed by atoms with Crippen LogP contribution in [0.1, 0.15) is 65.7 Å². The molecule has 0 saturated heterocycles. The molecule has 0 aromatic heterocycles. The summed E-state index contributed by atoms with van der Waals surface area (Å²) in [4.78, 5) is 23.6. The largest absolute Gasteiger partial charge is 0.389 e. The van der Waals surface area contributed by atoms with Gasteiger partial charge in [-0.3, -0.25) is 0 Å². The Hall–Kier alpha value is -1.18. The fourth-order valence-corrected chi connectivity index (χ4v) is 8.62. The summed E-state index contributed by atoms with van der Waals surface area (Å²) in [6.07, 6.45) is 10.9. The Bertz CT molecular complexity index is 709. The number of carbonyl (C=O) groups is 2. The van der Waals surface area contributed by atoms with Crippen LogP contribution in [0.3, 0.4) is 0 Å². The summed E-state index contributed by atoms with van der Waals surface area (Å²) in [6, 6.07) is 0. The summed E-state index contributed by atoms with van der Waals surface area (Å²) in [5, 5.41) is 12.3. The monoisotopic (exact) mass is 384 g/mol. The van der Waals surface area contributed by atoms with E-state index in [2.05, 4.69) is 33.1 Å². The number of rotatable bonds is 3. The first-order valence-corrected chi connectivity index (χ1v) is 11.3. The summed E-state index contributed by atoms with van der Waals surface area (Å²) < 4.78 is 0. The molecular weight excluding hydrogens is 348 g/mol. The molecule has 28 heavy (non-hydrogen) atoms. The molecule has 4 aliphatic rings. The van der Waals surface area contributed by atoms with E-state index in [-0.39, 0.29) is 34.5 Å². The van der Waals surface area contributed by atoms with E-state index in [1.807, 2.05) is 6.08 Å². The van der Waals surface area contributed by atoms with Crippen molar-refractivity contribution < 1.29 is 14.7 Å². The molecule has 0 aliphatic heterocycles. The molecule has 4 aliphatic carbocycles. The molecule has 4 saturated carbocycles. The second-order valence-electron chi connectivity index (χ2n) is 10.9. The fraction of sp³-hybridized carbons (Fsp3) is 0.800. The average Bonchev–Trinajstić information content (AvgIpc) is 2.92. The Kier molecular flexibility index (Phi) is 4.79. The molecule has 3 heteroatoms. The highest BCUT2D eigenvalue weighted by Crippen LogP contribution is 2.70. The summed E-state index contributed by atoms with van der Waals surface area (Å²) in [5.74, 6) is 1.67. The van der Waals surface area contributed by atoms with Crippen LogP contribution in [0.5, 0.6) is 0 Å². The number of hydrogen-bond acceptors (Lipinski definition) is 3. The smallest absolute Gasteiger partial charge is 0.123 e. The lowest BCUT2D eigenvalue weighted by molar-refractivity contribution is -0.243. The maximum Gasteiger partial charge on any atom is 0.123 e. The van der Waals surface area contributed by atoms with E-state index < -0.39 is 5.60 Å². The van der Waals surface area contributed by atoms with Crippen LogP contribution in [0.25, 0.3) is 0 Å². The van der Waals surface area contributed by atoms with Crippen LogP contribution in [0, 0.1) is 52.3 Å². The highest BCUT2D eigenvalue weighted by atomic mass is 16.3. The minimum Gasteiger partial charge on any atom is -0.389 e. The molecule has 10 atom stereocenters. The van der Waals surface area contributed by atoms with Gasteiger partial charge in [0.2, 0.25) is 0 Å².